The number of nitrogens with one attached hydrogen (secondary N) is 4. The number of benzene rings is 2. The Morgan fingerprint density at radius 2 is 0.952 bits per heavy atom. The lowest BCUT2D eigenvalue weighted by atomic mass is 10.00. The molecule has 63 heavy (non-hydrogen) atoms. The summed E-state index contributed by atoms with van der Waals surface area (Å²) in [7, 11) is 12.0. The topological polar surface area (TPSA) is 207 Å². The fourth-order valence-electron chi connectivity index (χ4n) is 5.24. The van der Waals surface area contributed by atoms with Crippen LogP contribution in [0.4, 0.5) is 37.7 Å². The molecule has 17 nitrogen and oxygen atoms in total. The summed E-state index contributed by atoms with van der Waals surface area (Å²) in [6.07, 6.45) is -11.2. The molecule has 3 rings (SSSR count). The van der Waals surface area contributed by atoms with Gasteiger partial charge in [-0.1, -0.05) is 12.1 Å². The number of likely N-dealkylation sites (N-methyl/N-ethyl adjacent to an activating group) is 2. The van der Waals surface area contributed by atoms with Gasteiger partial charge in [-0.25, -0.2) is 20.4 Å². The van der Waals surface area contributed by atoms with E-state index in [9.17, 15) is 55.1 Å². The summed E-state index contributed by atoms with van der Waals surface area (Å²) in [5, 5.41) is 12.3. The number of quaternary nitrogens is 2. The highest BCUT2D eigenvalue weighted by atomic mass is 35.5. The molecule has 4 N–H and O–H groups in total. The molecule has 0 bridgehead atoms. The zero-order chi connectivity index (χ0) is 46.8. The highest BCUT2D eigenvalue weighted by molar-refractivity contribution is 6.44. The molecule has 24 heteroatoms. The van der Waals surface area contributed by atoms with Gasteiger partial charge in [-0.2, -0.15) is 36.5 Å². The standard InChI is InChI=1S/C39H43F6N9O8.ClH/c1-53(2,3)20-32(55)51-49-30(34(57)46-24-13-9-11-22(15-24)38(40,41)42)18-28-26(36(59)61-7)17-27(37(60)62-8)29(48-28)19-31(50-52-33(56)21-54(4,5)6)35(58)47-25-14-10-12-23(16-25)39(43,44)45;/h9-17H,18-21H2,1-8H3,(H2-2,46,47,51,52,55,56,57,58);1H/p+1. The second kappa shape index (κ2) is 21.6. The molecule has 0 aliphatic carbocycles. The number of hydrogen-bond acceptors (Lipinski definition) is 11. The molecule has 0 saturated carbocycles. The number of alkyl halides is 6. The monoisotopic (exact) mass is 916 g/mol. The van der Waals surface area contributed by atoms with Crippen LogP contribution < -0.4 is 33.9 Å². The molecule has 0 aliphatic heterocycles. The lowest BCUT2D eigenvalue weighted by molar-refractivity contribution is -0.862. The first-order valence-corrected chi connectivity index (χ1v) is 18.1. The van der Waals surface area contributed by atoms with Gasteiger partial charge >= 0.3 is 24.3 Å². The van der Waals surface area contributed by atoms with E-state index in [0.717, 1.165) is 56.7 Å². The third-order valence-corrected chi connectivity index (χ3v) is 7.95. The van der Waals surface area contributed by atoms with Gasteiger partial charge in [0.25, 0.3) is 23.6 Å². The summed E-state index contributed by atoms with van der Waals surface area (Å²) >= 11 is 0. The molecule has 342 valence electrons. The quantitative estimate of drug-likeness (QED) is 0.0516. The lowest BCUT2D eigenvalue weighted by Gasteiger charge is -2.22. The Morgan fingerprint density at radius 1 is 0.603 bits per heavy atom. The zero-order valence-corrected chi connectivity index (χ0v) is 35.9. The van der Waals surface area contributed by atoms with E-state index < -0.39 is 106 Å². The molecule has 0 saturated heterocycles. The van der Waals surface area contributed by atoms with Gasteiger partial charge in [0.2, 0.25) is 0 Å². The first-order chi connectivity index (χ1) is 28.6. The molecule has 0 radical (unpaired) electrons. The van der Waals surface area contributed by atoms with Crippen LogP contribution in [0.15, 0.2) is 64.8 Å². The van der Waals surface area contributed by atoms with Crippen LogP contribution in [0.5, 0.6) is 0 Å². The van der Waals surface area contributed by atoms with Crippen LogP contribution in [0, 0.1) is 0 Å². The number of halogens is 7. The van der Waals surface area contributed by atoms with Crippen molar-refractivity contribution < 1.29 is 86.0 Å². The maximum absolute atomic E-state index is 13.7. The van der Waals surface area contributed by atoms with Crippen LogP contribution in [0.2, 0.25) is 0 Å². The molecule has 0 fully saturated rings. The van der Waals surface area contributed by atoms with Crippen molar-refractivity contribution in [3.8, 4) is 0 Å². The number of pyridine rings is 1. The highest BCUT2D eigenvalue weighted by Crippen LogP contribution is 2.32. The number of hydrogen-bond donors (Lipinski definition) is 4. The van der Waals surface area contributed by atoms with Gasteiger partial charge in [-0.15, -0.1) is 0 Å². The Morgan fingerprint density at radius 3 is 1.25 bits per heavy atom. The maximum Gasteiger partial charge on any atom is 0.416 e. The minimum absolute atomic E-state index is 0. The van der Waals surface area contributed by atoms with Crippen LogP contribution in [-0.2, 0) is 53.8 Å². The largest absolute Gasteiger partial charge is 1.00 e. The number of hydrazone groups is 2. The van der Waals surface area contributed by atoms with Gasteiger partial charge in [0.1, 0.15) is 11.4 Å². The number of carbonyl (C=O) groups excluding carboxylic acids is 6. The fourth-order valence-corrected chi connectivity index (χ4v) is 5.24. The van der Waals surface area contributed by atoms with E-state index in [0.29, 0.717) is 12.1 Å². The number of esters is 2. The van der Waals surface area contributed by atoms with E-state index in [2.05, 4.69) is 36.7 Å². The van der Waals surface area contributed by atoms with Gasteiger partial charge in [-0.3, -0.25) is 24.2 Å². The summed E-state index contributed by atoms with van der Waals surface area (Å²) in [6, 6.07) is 8.08. The van der Waals surface area contributed by atoms with Crippen LogP contribution in [-0.4, -0.2) is 131 Å². The van der Waals surface area contributed by atoms with E-state index in [1.807, 2.05) is 0 Å². The van der Waals surface area contributed by atoms with E-state index in [1.54, 1.807) is 42.3 Å². The van der Waals surface area contributed by atoms with Crippen LogP contribution >= 0.6 is 0 Å². The number of methoxy groups -OCH3 is 2. The third kappa shape index (κ3) is 16.7. The summed E-state index contributed by atoms with van der Waals surface area (Å²) < 4.78 is 91.0. The van der Waals surface area contributed by atoms with Crippen molar-refractivity contribution in [2.45, 2.75) is 25.2 Å². The minimum atomic E-state index is -4.78. The van der Waals surface area contributed by atoms with E-state index >= 15 is 0 Å². The number of carbonyl (C=O) groups is 6. The molecule has 3 aromatic rings. The SMILES string of the molecule is COC(=O)c1cc(C(=O)OC)c(C/C(=N/NC(=O)C[N+](C)(C)C)C(=O)Nc2cccc(C(F)(F)F)c2)nc1C/C(=N/NC(=O)C[N+](C)(C)C)C(=O)Nc1cccc(C(F)(F)F)c1.[Cl-]. The fraction of sp³-hybridized carbons (Fsp3) is 0.359. The predicted octanol–water partition coefficient (Wildman–Crippen LogP) is 0.416. The molecule has 0 atom stereocenters. The van der Waals surface area contributed by atoms with Crippen LogP contribution in [0.1, 0.15) is 43.2 Å². The Bertz CT molecular complexity index is 2120. The Labute approximate surface area is 363 Å². The molecule has 2 aromatic carbocycles. The maximum atomic E-state index is 13.7. The van der Waals surface area contributed by atoms with Crippen molar-refractivity contribution in [1.82, 2.24) is 15.8 Å². The molecule has 1 heterocycles. The first-order valence-electron chi connectivity index (χ1n) is 18.1. The number of amides is 4. The zero-order valence-electron chi connectivity index (χ0n) is 35.2. The number of ether oxygens (including phenoxy) is 2. The second-order valence-corrected chi connectivity index (χ2v) is 15.5. The average Bonchev–Trinajstić information content (AvgIpc) is 3.15. The number of nitrogens with zero attached hydrogens (tertiary/aromatic N) is 5. The highest BCUT2D eigenvalue weighted by Gasteiger charge is 2.33. The Hall–Kier alpha value is -6.46. The van der Waals surface area contributed by atoms with Crippen molar-refractivity contribution in [3.63, 3.8) is 0 Å². The lowest BCUT2D eigenvalue weighted by Crippen LogP contribution is -3.00. The summed E-state index contributed by atoms with van der Waals surface area (Å²) in [6.45, 7) is -0.322. The Kier molecular flexibility index (Phi) is 18.0. The molecule has 0 spiro atoms. The van der Waals surface area contributed by atoms with Gasteiger partial charge in [0.05, 0.1) is 90.1 Å². The van der Waals surface area contributed by atoms with Gasteiger partial charge in [0.15, 0.2) is 13.1 Å². The van der Waals surface area contributed by atoms with Crippen molar-refractivity contribution in [2.24, 2.45) is 10.2 Å². The molecular formula is C39H45ClF6N9O8+. The molecule has 1 aromatic heterocycles. The summed E-state index contributed by atoms with van der Waals surface area (Å²) in [5.41, 5.74) is -1.50. The van der Waals surface area contributed by atoms with E-state index in [4.69, 9.17) is 9.47 Å². The van der Waals surface area contributed by atoms with E-state index in [-0.39, 0.29) is 45.8 Å². The normalized spacial score (nSPS) is 12.3. The molecule has 0 unspecified atom stereocenters. The smallest absolute Gasteiger partial charge is 0.416 e. The number of rotatable bonds is 16. The van der Waals surface area contributed by atoms with Crippen molar-refractivity contribution >= 4 is 58.4 Å². The first kappa shape index (κ1) is 52.7. The number of aromatic nitrogens is 1. The minimum Gasteiger partial charge on any atom is -1.00 e. The summed E-state index contributed by atoms with van der Waals surface area (Å²) in [4.78, 5) is 83.8. The van der Waals surface area contributed by atoms with Crippen LogP contribution in [0.25, 0.3) is 0 Å². The van der Waals surface area contributed by atoms with Crippen molar-refractivity contribution in [2.75, 3.05) is 80.2 Å². The molecule has 0 aliphatic rings. The van der Waals surface area contributed by atoms with Crippen molar-refractivity contribution in [3.05, 3.63) is 88.2 Å². The van der Waals surface area contributed by atoms with Gasteiger partial charge in [0, 0.05) is 24.2 Å². The van der Waals surface area contributed by atoms with Gasteiger partial charge < -0.3 is 41.5 Å². The predicted molar refractivity (Wildman–Crippen MR) is 211 cm³/mol. The molecule has 4 amide bonds. The third-order valence-electron chi connectivity index (χ3n) is 7.95. The van der Waals surface area contributed by atoms with Gasteiger partial charge in [-0.05, 0) is 42.5 Å². The average molecular weight is 917 g/mol. The van der Waals surface area contributed by atoms with E-state index in [1.165, 1.54) is 0 Å². The number of anilines is 2. The van der Waals surface area contributed by atoms with Crippen LogP contribution in [0.3, 0.4) is 0 Å². The van der Waals surface area contributed by atoms with Crippen molar-refractivity contribution in [1.29, 1.82) is 0 Å². The second-order valence-electron chi connectivity index (χ2n) is 15.5. The summed E-state index contributed by atoms with van der Waals surface area (Å²) in [5.74, 6) is -6.00. The molecular weight excluding hydrogens is 872 g/mol. The Balaban J connectivity index is 0.0000137.